The molecule has 3 heterocycles. The Hall–Kier alpha value is -2.12. The van der Waals surface area contributed by atoms with E-state index in [0.717, 1.165) is 57.1 Å². The third-order valence-electron chi connectivity index (χ3n) is 5.76. The van der Waals surface area contributed by atoms with Gasteiger partial charge in [0, 0.05) is 38.8 Å². The van der Waals surface area contributed by atoms with Crippen molar-refractivity contribution in [3.05, 3.63) is 23.8 Å². The van der Waals surface area contributed by atoms with Crippen molar-refractivity contribution >= 4 is 11.8 Å². The summed E-state index contributed by atoms with van der Waals surface area (Å²) in [6, 6.07) is 6.03. The van der Waals surface area contributed by atoms with E-state index in [4.69, 9.17) is 9.47 Å². The highest BCUT2D eigenvalue weighted by Crippen LogP contribution is 2.34. The number of amides is 2. The first-order valence-corrected chi connectivity index (χ1v) is 9.40. The van der Waals surface area contributed by atoms with Crippen LogP contribution in [-0.4, -0.2) is 71.6 Å². The van der Waals surface area contributed by atoms with Gasteiger partial charge in [-0.05, 0) is 30.5 Å². The predicted octanol–water partition coefficient (Wildman–Crippen LogP) is 0.823. The second-order valence-corrected chi connectivity index (χ2v) is 7.55. The Balaban J connectivity index is 1.18. The normalized spacial score (nSPS) is 26.8. The van der Waals surface area contributed by atoms with Gasteiger partial charge >= 0.3 is 0 Å². The molecule has 1 aromatic rings. The van der Waals surface area contributed by atoms with Gasteiger partial charge in [-0.25, -0.2) is 0 Å². The summed E-state index contributed by atoms with van der Waals surface area (Å²) in [5, 5.41) is 0. The summed E-state index contributed by atoms with van der Waals surface area (Å²) >= 11 is 0. The number of hydrogen-bond donors (Lipinski definition) is 0. The van der Waals surface area contributed by atoms with Crippen LogP contribution in [0.4, 0.5) is 0 Å². The summed E-state index contributed by atoms with van der Waals surface area (Å²) in [6.45, 7) is 4.60. The molecule has 138 valence electrons. The summed E-state index contributed by atoms with van der Waals surface area (Å²) < 4.78 is 10.8. The second kappa shape index (κ2) is 6.25. The molecule has 5 rings (SSSR count). The fourth-order valence-corrected chi connectivity index (χ4v) is 4.17. The molecule has 1 saturated carbocycles. The Labute approximate surface area is 152 Å². The molecule has 3 aliphatic heterocycles. The first kappa shape index (κ1) is 16.1. The monoisotopic (exact) mass is 357 g/mol. The van der Waals surface area contributed by atoms with E-state index in [1.807, 2.05) is 12.1 Å². The van der Waals surface area contributed by atoms with Gasteiger partial charge in [0.2, 0.25) is 18.6 Å². The first-order chi connectivity index (χ1) is 12.7. The lowest BCUT2D eigenvalue weighted by Gasteiger charge is -2.37. The van der Waals surface area contributed by atoms with Crippen molar-refractivity contribution in [3.8, 4) is 11.5 Å². The van der Waals surface area contributed by atoms with Crippen LogP contribution in [0.25, 0.3) is 0 Å². The largest absolute Gasteiger partial charge is 0.454 e. The number of carbonyl (C=O) groups is 2. The molecule has 0 spiro atoms. The van der Waals surface area contributed by atoms with Crippen LogP contribution < -0.4 is 9.47 Å². The average molecular weight is 357 g/mol. The van der Waals surface area contributed by atoms with Gasteiger partial charge in [-0.3, -0.25) is 24.3 Å². The van der Waals surface area contributed by atoms with E-state index in [1.54, 1.807) is 0 Å². The zero-order valence-corrected chi connectivity index (χ0v) is 14.7. The summed E-state index contributed by atoms with van der Waals surface area (Å²) in [6.07, 6.45) is 2.32. The average Bonchev–Trinajstić information content (AvgIpc) is 3.28. The topological polar surface area (TPSA) is 62.3 Å². The Bertz CT molecular complexity index is 740. The van der Waals surface area contributed by atoms with Crippen LogP contribution in [0.1, 0.15) is 24.8 Å². The third kappa shape index (κ3) is 2.85. The van der Waals surface area contributed by atoms with Crippen molar-refractivity contribution < 1.29 is 19.1 Å². The fraction of sp³-hybridized carbons (Fsp3) is 0.579. The van der Waals surface area contributed by atoms with Crippen LogP contribution in [0, 0.1) is 0 Å². The molecule has 1 atom stereocenters. The number of piperazine rings is 1. The highest BCUT2D eigenvalue weighted by atomic mass is 16.7. The molecule has 2 saturated heterocycles. The van der Waals surface area contributed by atoms with E-state index < -0.39 is 0 Å². The van der Waals surface area contributed by atoms with Gasteiger partial charge in [0.25, 0.3) is 0 Å². The van der Waals surface area contributed by atoms with Gasteiger partial charge in [0.15, 0.2) is 11.5 Å². The number of ether oxygens (including phenoxy) is 2. The van der Waals surface area contributed by atoms with Crippen molar-refractivity contribution in [2.24, 2.45) is 0 Å². The molecule has 3 fully saturated rings. The molecule has 26 heavy (non-hydrogen) atoms. The smallest absolute Gasteiger partial charge is 0.247 e. The van der Waals surface area contributed by atoms with E-state index in [9.17, 15) is 9.59 Å². The van der Waals surface area contributed by atoms with Crippen molar-refractivity contribution in [2.45, 2.75) is 37.9 Å². The van der Waals surface area contributed by atoms with Crippen molar-refractivity contribution in [1.29, 1.82) is 0 Å². The number of nitrogens with zero attached hydrogens (tertiary/aromatic N) is 3. The molecule has 7 nitrogen and oxygen atoms in total. The Kier molecular flexibility index (Phi) is 3.86. The summed E-state index contributed by atoms with van der Waals surface area (Å²) in [5.41, 5.74) is 1.20. The minimum Gasteiger partial charge on any atom is -0.454 e. The van der Waals surface area contributed by atoms with Crippen molar-refractivity contribution in [3.63, 3.8) is 0 Å². The molecular formula is C19H23N3O4. The van der Waals surface area contributed by atoms with Gasteiger partial charge in [-0.1, -0.05) is 6.07 Å². The maximum Gasteiger partial charge on any atom is 0.247 e. The van der Waals surface area contributed by atoms with E-state index in [1.165, 1.54) is 10.5 Å². The SMILES string of the molecule is O=C1CC(N2CCN(Cc3ccc4c(c3)OCO4)CC2)C(=O)N1C1CC1. The maximum absolute atomic E-state index is 12.6. The van der Waals surface area contributed by atoms with Crippen LogP contribution in [-0.2, 0) is 16.1 Å². The van der Waals surface area contributed by atoms with Gasteiger partial charge in [-0.2, -0.15) is 0 Å². The quantitative estimate of drug-likeness (QED) is 0.744. The minimum absolute atomic E-state index is 0.0188. The molecule has 1 aromatic carbocycles. The van der Waals surface area contributed by atoms with Crippen LogP contribution in [0.5, 0.6) is 11.5 Å². The molecule has 2 amide bonds. The highest BCUT2D eigenvalue weighted by molar-refractivity contribution is 6.06. The minimum atomic E-state index is -0.240. The van der Waals surface area contributed by atoms with Crippen LogP contribution in [0.3, 0.4) is 0 Å². The number of hydrogen-bond acceptors (Lipinski definition) is 6. The molecule has 0 radical (unpaired) electrons. The van der Waals surface area contributed by atoms with Gasteiger partial charge in [0.1, 0.15) is 0 Å². The molecule has 7 heteroatoms. The van der Waals surface area contributed by atoms with Gasteiger partial charge < -0.3 is 9.47 Å². The van der Waals surface area contributed by atoms with Crippen LogP contribution in [0.15, 0.2) is 18.2 Å². The molecule has 4 aliphatic rings. The molecular weight excluding hydrogens is 334 g/mol. The number of fused-ring (bicyclic) bond motifs is 1. The lowest BCUT2D eigenvalue weighted by Crippen LogP contribution is -2.52. The summed E-state index contributed by atoms with van der Waals surface area (Å²) in [7, 11) is 0. The molecule has 1 aliphatic carbocycles. The number of likely N-dealkylation sites (tertiary alicyclic amines) is 1. The van der Waals surface area contributed by atoms with E-state index in [2.05, 4.69) is 15.9 Å². The third-order valence-corrected chi connectivity index (χ3v) is 5.76. The zero-order valence-electron chi connectivity index (χ0n) is 14.7. The highest BCUT2D eigenvalue weighted by Gasteiger charge is 2.48. The van der Waals surface area contributed by atoms with E-state index >= 15 is 0 Å². The molecule has 0 bridgehead atoms. The van der Waals surface area contributed by atoms with Gasteiger partial charge in [-0.15, -0.1) is 0 Å². The standard InChI is InChI=1S/C19H23N3O4/c23-18-10-15(19(24)22(18)14-2-3-14)21-7-5-20(6-8-21)11-13-1-4-16-17(9-13)26-12-25-16/h1,4,9,14-15H,2-3,5-8,10-12H2. The molecule has 0 aromatic heterocycles. The number of benzene rings is 1. The predicted molar refractivity (Wildman–Crippen MR) is 92.7 cm³/mol. The zero-order chi connectivity index (χ0) is 17.7. The second-order valence-electron chi connectivity index (χ2n) is 7.55. The van der Waals surface area contributed by atoms with E-state index in [0.29, 0.717) is 13.2 Å². The van der Waals surface area contributed by atoms with Crippen molar-refractivity contribution in [2.75, 3.05) is 33.0 Å². The van der Waals surface area contributed by atoms with Gasteiger partial charge in [0.05, 0.1) is 12.5 Å². The van der Waals surface area contributed by atoms with Crippen molar-refractivity contribution in [1.82, 2.24) is 14.7 Å². The maximum atomic E-state index is 12.6. The van der Waals surface area contributed by atoms with Crippen LogP contribution >= 0.6 is 0 Å². The first-order valence-electron chi connectivity index (χ1n) is 9.40. The Morgan fingerprint density at radius 2 is 1.77 bits per heavy atom. The fourth-order valence-electron chi connectivity index (χ4n) is 4.17. The molecule has 1 unspecified atom stereocenters. The molecule has 0 N–H and O–H groups in total. The number of carbonyl (C=O) groups excluding carboxylic acids is 2. The summed E-state index contributed by atoms with van der Waals surface area (Å²) in [5.74, 6) is 1.67. The lowest BCUT2D eigenvalue weighted by atomic mass is 10.1. The number of rotatable bonds is 4. The number of imide groups is 1. The summed E-state index contributed by atoms with van der Waals surface area (Å²) in [4.78, 5) is 30.9. The van der Waals surface area contributed by atoms with Crippen LogP contribution in [0.2, 0.25) is 0 Å². The Morgan fingerprint density at radius 3 is 2.54 bits per heavy atom. The lowest BCUT2D eigenvalue weighted by molar-refractivity contribution is -0.140. The Morgan fingerprint density at radius 1 is 1.00 bits per heavy atom. The van der Waals surface area contributed by atoms with E-state index in [-0.39, 0.29) is 23.9 Å².